The van der Waals surface area contributed by atoms with Crippen LogP contribution in [-0.2, 0) is 0 Å². The van der Waals surface area contributed by atoms with Crippen LogP contribution in [0.15, 0.2) is 6.07 Å². The van der Waals surface area contributed by atoms with Crippen molar-refractivity contribution in [3.63, 3.8) is 0 Å². The maximum Gasteiger partial charge on any atom is 0.253 e. The van der Waals surface area contributed by atoms with Crippen LogP contribution in [0, 0.1) is 11.8 Å². The van der Waals surface area contributed by atoms with Crippen LogP contribution in [0.2, 0.25) is 0 Å². The lowest BCUT2D eigenvalue weighted by Gasteiger charge is -2.27. The summed E-state index contributed by atoms with van der Waals surface area (Å²) in [6.45, 7) is 0. The molecule has 0 atom stereocenters. The minimum Gasteiger partial charge on any atom is -0.365 e. The van der Waals surface area contributed by atoms with E-state index >= 15 is 0 Å². The second-order valence-corrected chi connectivity index (χ2v) is 4.78. The topological polar surface area (TPSA) is 94.0 Å². The van der Waals surface area contributed by atoms with Gasteiger partial charge < -0.3 is 16.8 Å². The number of anilines is 1. The molecule has 0 saturated heterocycles. The van der Waals surface area contributed by atoms with E-state index in [1.807, 2.05) is 0 Å². The molecule has 0 unspecified atom stereocenters. The van der Waals surface area contributed by atoms with E-state index in [4.69, 9.17) is 11.5 Å². The van der Waals surface area contributed by atoms with E-state index in [1.54, 1.807) is 0 Å². The number of hydrogen-bond donors (Lipinski definition) is 3. The zero-order valence-corrected chi connectivity index (χ0v) is 12.8. The van der Waals surface area contributed by atoms with Crippen molar-refractivity contribution in [3.05, 3.63) is 23.4 Å². The minimum atomic E-state index is -1.07. The Bertz CT molecular complexity index is 496. The first-order chi connectivity index (χ1) is 8.97. The number of carbonyl (C=O) groups excluding carboxylic acids is 1. The summed E-state index contributed by atoms with van der Waals surface area (Å²) in [5, 5.41) is 2.84. The number of nitrogens with two attached hydrogens (primary N) is 2. The van der Waals surface area contributed by atoms with Gasteiger partial charge in [0.05, 0.1) is 5.56 Å². The molecule has 1 amide bonds. The maximum absolute atomic E-state index is 13.7. The van der Waals surface area contributed by atoms with Crippen molar-refractivity contribution in [2.75, 3.05) is 5.32 Å². The van der Waals surface area contributed by atoms with Crippen molar-refractivity contribution < 1.29 is 13.6 Å². The number of hydrogen-bond acceptors (Lipinski definition) is 4. The number of rotatable bonds is 3. The molecular formula is C12H18Cl2F2N4O. The average Bonchev–Trinajstić information content (AvgIpc) is 2.35. The standard InChI is InChI=1S/C12H16F2N4O.2ClH/c13-9-5-8(11(16)19)10(14)18-12(9)17-7-3-1-6(15)2-4-7;;/h5-7H,1-4,15H2,(H2,16,19)(H,17,18);2*1H/t6-,7-;;. The Labute approximate surface area is 133 Å². The summed E-state index contributed by atoms with van der Waals surface area (Å²) in [4.78, 5) is 14.3. The van der Waals surface area contributed by atoms with Crippen LogP contribution < -0.4 is 16.8 Å². The number of amides is 1. The summed E-state index contributed by atoms with van der Waals surface area (Å²) in [5.74, 6) is -3.09. The van der Waals surface area contributed by atoms with Gasteiger partial charge >= 0.3 is 0 Å². The van der Waals surface area contributed by atoms with Crippen LogP contribution in [0.25, 0.3) is 0 Å². The first-order valence-corrected chi connectivity index (χ1v) is 6.15. The second kappa shape index (κ2) is 8.31. The van der Waals surface area contributed by atoms with E-state index in [-0.39, 0.29) is 42.7 Å². The fraction of sp³-hybridized carbons (Fsp3) is 0.500. The molecule has 9 heteroatoms. The van der Waals surface area contributed by atoms with Gasteiger partial charge in [-0.3, -0.25) is 4.79 Å². The molecule has 1 fully saturated rings. The van der Waals surface area contributed by atoms with Gasteiger partial charge in [0, 0.05) is 12.1 Å². The van der Waals surface area contributed by atoms with Crippen molar-refractivity contribution in [2.45, 2.75) is 37.8 Å². The van der Waals surface area contributed by atoms with E-state index in [2.05, 4.69) is 10.3 Å². The smallest absolute Gasteiger partial charge is 0.253 e. The molecule has 1 heterocycles. The lowest BCUT2D eigenvalue weighted by molar-refractivity contribution is 0.0995. The third-order valence-corrected chi connectivity index (χ3v) is 3.31. The van der Waals surface area contributed by atoms with Crippen LogP contribution in [0.5, 0.6) is 0 Å². The number of halogens is 4. The van der Waals surface area contributed by atoms with Gasteiger partial charge in [0.25, 0.3) is 5.91 Å². The molecule has 2 rings (SSSR count). The Hall–Kier alpha value is -1.18. The highest BCUT2D eigenvalue weighted by Gasteiger charge is 2.21. The highest BCUT2D eigenvalue weighted by Crippen LogP contribution is 2.22. The zero-order valence-electron chi connectivity index (χ0n) is 11.1. The van der Waals surface area contributed by atoms with Crippen molar-refractivity contribution >= 4 is 36.5 Å². The van der Waals surface area contributed by atoms with Crippen LogP contribution in [0.4, 0.5) is 14.6 Å². The van der Waals surface area contributed by atoms with Gasteiger partial charge in [0.15, 0.2) is 11.6 Å². The van der Waals surface area contributed by atoms with Gasteiger partial charge in [-0.15, -0.1) is 24.8 Å². The molecule has 1 saturated carbocycles. The molecule has 0 aromatic carbocycles. The highest BCUT2D eigenvalue weighted by molar-refractivity contribution is 5.92. The third-order valence-electron chi connectivity index (χ3n) is 3.31. The quantitative estimate of drug-likeness (QED) is 0.732. The van der Waals surface area contributed by atoms with Crippen molar-refractivity contribution in [1.29, 1.82) is 0 Å². The van der Waals surface area contributed by atoms with E-state index < -0.39 is 23.2 Å². The number of primary amides is 1. The van der Waals surface area contributed by atoms with Gasteiger partial charge in [0.2, 0.25) is 5.95 Å². The number of nitrogens with one attached hydrogen (secondary N) is 1. The Morgan fingerprint density at radius 2 is 1.81 bits per heavy atom. The summed E-state index contributed by atoms with van der Waals surface area (Å²) >= 11 is 0. The molecule has 21 heavy (non-hydrogen) atoms. The van der Waals surface area contributed by atoms with Gasteiger partial charge in [-0.25, -0.2) is 4.39 Å². The molecule has 0 spiro atoms. The SMILES string of the molecule is Cl.Cl.NC(=O)c1cc(F)c(N[C@H]2CC[C@H](N)CC2)nc1F. The van der Waals surface area contributed by atoms with Gasteiger partial charge in [-0.2, -0.15) is 9.37 Å². The van der Waals surface area contributed by atoms with E-state index in [9.17, 15) is 13.6 Å². The average molecular weight is 343 g/mol. The Kier molecular flexibility index (Phi) is 7.84. The Morgan fingerprint density at radius 3 is 2.33 bits per heavy atom. The minimum absolute atomic E-state index is 0. The second-order valence-electron chi connectivity index (χ2n) is 4.78. The normalized spacial score (nSPS) is 20.9. The summed E-state index contributed by atoms with van der Waals surface area (Å²) < 4.78 is 27.2. The van der Waals surface area contributed by atoms with Crippen LogP contribution >= 0.6 is 24.8 Å². The first-order valence-electron chi connectivity index (χ1n) is 6.15. The Morgan fingerprint density at radius 1 is 1.24 bits per heavy atom. The van der Waals surface area contributed by atoms with Crippen LogP contribution in [-0.4, -0.2) is 23.0 Å². The summed E-state index contributed by atoms with van der Waals surface area (Å²) in [7, 11) is 0. The zero-order chi connectivity index (χ0) is 14.0. The number of pyridine rings is 1. The van der Waals surface area contributed by atoms with Crippen molar-refractivity contribution in [1.82, 2.24) is 4.98 Å². The fourth-order valence-electron chi connectivity index (χ4n) is 2.20. The Balaban J connectivity index is 0.00000200. The van der Waals surface area contributed by atoms with E-state index in [1.165, 1.54) is 0 Å². The molecule has 1 aliphatic rings. The molecule has 1 aliphatic carbocycles. The lowest BCUT2D eigenvalue weighted by atomic mass is 9.92. The predicted octanol–water partition coefficient (Wildman–Crippen LogP) is 1.98. The lowest BCUT2D eigenvalue weighted by Crippen LogP contribution is -2.33. The van der Waals surface area contributed by atoms with E-state index in [0.29, 0.717) is 0 Å². The predicted molar refractivity (Wildman–Crippen MR) is 81.0 cm³/mol. The van der Waals surface area contributed by atoms with Crippen molar-refractivity contribution in [3.8, 4) is 0 Å². The maximum atomic E-state index is 13.7. The highest BCUT2D eigenvalue weighted by atomic mass is 35.5. The molecule has 0 aliphatic heterocycles. The van der Waals surface area contributed by atoms with Gasteiger partial charge in [-0.1, -0.05) is 0 Å². The molecule has 5 nitrogen and oxygen atoms in total. The largest absolute Gasteiger partial charge is 0.365 e. The fourth-order valence-corrected chi connectivity index (χ4v) is 2.20. The van der Waals surface area contributed by atoms with Gasteiger partial charge in [-0.05, 0) is 31.7 Å². The third kappa shape index (κ3) is 4.94. The monoisotopic (exact) mass is 342 g/mol. The molecule has 0 radical (unpaired) electrons. The number of nitrogens with zero attached hydrogens (tertiary/aromatic N) is 1. The number of carbonyl (C=O) groups is 1. The van der Waals surface area contributed by atoms with Crippen molar-refractivity contribution in [2.24, 2.45) is 11.5 Å². The van der Waals surface area contributed by atoms with Crippen LogP contribution in [0.3, 0.4) is 0 Å². The molecule has 0 bridgehead atoms. The summed E-state index contributed by atoms with van der Waals surface area (Å²) in [5.41, 5.74) is 10.1. The first kappa shape index (κ1) is 19.8. The van der Waals surface area contributed by atoms with Crippen LogP contribution in [0.1, 0.15) is 36.0 Å². The summed E-state index contributed by atoms with van der Waals surface area (Å²) in [6.07, 6.45) is 3.23. The molecule has 120 valence electrons. The molecular weight excluding hydrogens is 325 g/mol. The molecule has 5 N–H and O–H groups in total. The molecule has 1 aromatic rings. The van der Waals surface area contributed by atoms with E-state index in [0.717, 1.165) is 31.7 Å². The van der Waals surface area contributed by atoms with Gasteiger partial charge in [0.1, 0.15) is 0 Å². The number of aromatic nitrogens is 1. The summed E-state index contributed by atoms with van der Waals surface area (Å²) in [6, 6.07) is 0.951. The molecule has 1 aromatic heterocycles.